The first-order valence-electron chi connectivity index (χ1n) is 41.7. The number of hydrogen-bond donors (Lipinski definition) is 3. The molecule has 0 amide bonds. The Balaban J connectivity index is 5.22. The smallest absolute Gasteiger partial charge is 0.462 e. The number of phosphoric acid groups is 2. The Morgan fingerprint density at radius 1 is 0.283 bits per heavy atom. The van der Waals surface area contributed by atoms with E-state index in [1.165, 1.54) is 250 Å². The number of esters is 4. The van der Waals surface area contributed by atoms with Gasteiger partial charge in [0.25, 0.3) is 0 Å². The van der Waals surface area contributed by atoms with E-state index in [9.17, 15) is 43.2 Å². The topological polar surface area (TPSA) is 237 Å². The van der Waals surface area contributed by atoms with Gasteiger partial charge in [-0.1, -0.05) is 375 Å². The molecule has 3 unspecified atom stereocenters. The number of phosphoric ester groups is 2. The van der Waals surface area contributed by atoms with Gasteiger partial charge in [-0.2, -0.15) is 0 Å². The van der Waals surface area contributed by atoms with Gasteiger partial charge in [0.2, 0.25) is 0 Å². The van der Waals surface area contributed by atoms with Gasteiger partial charge in [0.1, 0.15) is 19.3 Å². The summed E-state index contributed by atoms with van der Waals surface area (Å²) in [6, 6.07) is 0. The first kappa shape index (κ1) is 97.1. The average molecular weight is 1450 g/mol. The maximum absolute atomic E-state index is 13.1. The summed E-state index contributed by atoms with van der Waals surface area (Å²) in [4.78, 5) is 72.9. The lowest BCUT2D eigenvalue weighted by Gasteiger charge is -2.21. The molecule has 0 bridgehead atoms. The van der Waals surface area contributed by atoms with Crippen molar-refractivity contribution >= 4 is 39.5 Å². The van der Waals surface area contributed by atoms with Crippen LogP contribution >= 0.6 is 15.6 Å². The second-order valence-corrected chi connectivity index (χ2v) is 32.0. The van der Waals surface area contributed by atoms with Gasteiger partial charge in [0.05, 0.1) is 26.4 Å². The van der Waals surface area contributed by atoms with Crippen LogP contribution < -0.4 is 0 Å². The van der Waals surface area contributed by atoms with Gasteiger partial charge in [0, 0.05) is 25.7 Å². The molecule has 588 valence electrons. The summed E-state index contributed by atoms with van der Waals surface area (Å²) in [5.74, 6) is -1.34. The third-order valence-corrected chi connectivity index (χ3v) is 21.0. The zero-order valence-corrected chi connectivity index (χ0v) is 66.4. The summed E-state index contributed by atoms with van der Waals surface area (Å²) in [7, 11) is -9.92. The molecule has 0 aliphatic rings. The number of aliphatic hydroxyl groups is 1. The highest BCUT2D eigenvalue weighted by molar-refractivity contribution is 7.47. The van der Waals surface area contributed by atoms with Crippen molar-refractivity contribution < 1.29 is 80.2 Å². The fraction of sp³-hybridized carbons (Fsp3) is 0.950. The first-order chi connectivity index (χ1) is 48.1. The van der Waals surface area contributed by atoms with Crippen molar-refractivity contribution in [3.05, 3.63) is 0 Å². The lowest BCUT2D eigenvalue weighted by atomic mass is 9.99. The van der Waals surface area contributed by atoms with Gasteiger partial charge < -0.3 is 33.8 Å². The molecule has 0 heterocycles. The molecule has 0 radical (unpaired) electrons. The Hall–Kier alpha value is -1.94. The fourth-order valence-corrected chi connectivity index (χ4v) is 14.0. The molecule has 0 rings (SSSR count). The van der Waals surface area contributed by atoms with E-state index in [4.69, 9.17) is 37.0 Å². The minimum absolute atomic E-state index is 0.106. The van der Waals surface area contributed by atoms with Gasteiger partial charge in [0.15, 0.2) is 12.2 Å². The summed E-state index contributed by atoms with van der Waals surface area (Å²) in [6.07, 6.45) is 63.8. The summed E-state index contributed by atoms with van der Waals surface area (Å²) in [6.45, 7) is 7.31. The third kappa shape index (κ3) is 72.8. The average Bonchev–Trinajstić information content (AvgIpc) is 1.03. The molecule has 0 saturated carbocycles. The highest BCUT2D eigenvalue weighted by Gasteiger charge is 2.30. The molecule has 0 spiro atoms. The molecule has 3 N–H and O–H groups in total. The second kappa shape index (κ2) is 73.0. The van der Waals surface area contributed by atoms with E-state index < -0.39 is 97.5 Å². The van der Waals surface area contributed by atoms with Crippen molar-refractivity contribution in [3.8, 4) is 0 Å². The molecule has 6 atom stereocenters. The van der Waals surface area contributed by atoms with E-state index in [1.54, 1.807) is 0 Å². The van der Waals surface area contributed by atoms with Gasteiger partial charge in [-0.15, -0.1) is 0 Å². The number of unbranched alkanes of at least 4 members (excludes halogenated alkanes) is 51. The van der Waals surface area contributed by atoms with Crippen molar-refractivity contribution in [2.45, 2.75) is 445 Å². The van der Waals surface area contributed by atoms with Crippen LogP contribution in [0.3, 0.4) is 0 Å². The van der Waals surface area contributed by atoms with Crippen molar-refractivity contribution in [1.29, 1.82) is 0 Å². The van der Waals surface area contributed by atoms with E-state index in [2.05, 4.69) is 34.6 Å². The Kier molecular flexibility index (Phi) is 71.6. The quantitative estimate of drug-likeness (QED) is 0.0222. The molecule has 99 heavy (non-hydrogen) atoms. The summed E-state index contributed by atoms with van der Waals surface area (Å²) in [5, 5.41) is 10.6. The molecule has 0 aromatic heterocycles. The lowest BCUT2D eigenvalue weighted by molar-refractivity contribution is -0.161. The van der Waals surface area contributed by atoms with Gasteiger partial charge in [-0.25, -0.2) is 9.13 Å². The van der Waals surface area contributed by atoms with Crippen LogP contribution in [0.1, 0.15) is 426 Å². The molecule has 17 nitrogen and oxygen atoms in total. The number of carbonyl (C=O) groups is 4. The highest BCUT2D eigenvalue weighted by Crippen LogP contribution is 2.45. The monoisotopic (exact) mass is 1450 g/mol. The van der Waals surface area contributed by atoms with Crippen molar-refractivity contribution in [2.24, 2.45) is 5.92 Å². The molecule has 0 aliphatic carbocycles. The number of rotatable bonds is 80. The molecule has 0 aromatic carbocycles. The Morgan fingerprint density at radius 3 is 0.717 bits per heavy atom. The fourth-order valence-electron chi connectivity index (χ4n) is 12.4. The van der Waals surface area contributed by atoms with Crippen molar-refractivity contribution in [2.75, 3.05) is 39.6 Å². The Bertz CT molecular complexity index is 1890. The zero-order chi connectivity index (χ0) is 72.7. The molecular weight excluding hydrogens is 1290 g/mol. The number of carbonyl (C=O) groups excluding carboxylic acids is 4. The van der Waals surface area contributed by atoms with E-state index in [0.717, 1.165) is 95.8 Å². The van der Waals surface area contributed by atoms with E-state index in [1.807, 2.05) is 0 Å². The second-order valence-electron chi connectivity index (χ2n) is 29.1. The largest absolute Gasteiger partial charge is 0.472 e. The lowest BCUT2D eigenvalue weighted by Crippen LogP contribution is -2.30. The summed E-state index contributed by atoms with van der Waals surface area (Å²) >= 11 is 0. The number of aliphatic hydroxyl groups excluding tert-OH is 1. The van der Waals surface area contributed by atoms with Crippen LogP contribution in [0.2, 0.25) is 0 Å². The van der Waals surface area contributed by atoms with Crippen LogP contribution in [-0.4, -0.2) is 96.7 Å². The van der Waals surface area contributed by atoms with E-state index >= 15 is 0 Å². The predicted octanol–water partition coefficient (Wildman–Crippen LogP) is 24.0. The highest BCUT2D eigenvalue weighted by atomic mass is 31.2. The normalized spacial score (nSPS) is 14.1. The van der Waals surface area contributed by atoms with E-state index in [0.29, 0.717) is 25.7 Å². The minimum atomic E-state index is -4.96. The van der Waals surface area contributed by atoms with Gasteiger partial charge >= 0.3 is 39.5 Å². The molecule has 0 saturated heterocycles. The predicted molar refractivity (Wildman–Crippen MR) is 405 cm³/mol. The molecule has 0 aliphatic heterocycles. The molecular formula is C80H156O17P2. The van der Waals surface area contributed by atoms with Crippen LogP contribution in [-0.2, 0) is 65.4 Å². The van der Waals surface area contributed by atoms with Crippen molar-refractivity contribution in [1.82, 2.24) is 0 Å². The molecule has 0 aromatic rings. The maximum atomic E-state index is 13.1. The molecule has 19 heteroatoms. The van der Waals surface area contributed by atoms with Gasteiger partial charge in [-0.3, -0.25) is 37.3 Å². The standard InChI is InChI=1S/C80H156O17P2/c1-6-10-13-16-19-22-25-27-29-31-33-35-37-39-41-44-50-55-60-65-79(84)96-75(69-91-78(83)64-59-54-49-43-40-38-36-34-32-30-28-26-23-20-17-14-11-7-2)71-94-98(86,87)92-67-74(81)68-93-99(88,89)95-72-76(70-90-77(82)63-58-53-48-42-24-21-18-15-12-8-3)97-80(85)66-61-56-51-46-45-47-52-57-62-73(5)9-4/h73-76,81H,6-72H2,1-5H3,(H,86,87)(H,88,89)/t73?,74-,75-,76-/m1/s1. The van der Waals surface area contributed by atoms with Crippen molar-refractivity contribution in [3.63, 3.8) is 0 Å². The summed E-state index contributed by atoms with van der Waals surface area (Å²) < 4.78 is 68.7. The molecule has 0 fully saturated rings. The Labute approximate surface area is 607 Å². The van der Waals surface area contributed by atoms with Crippen LogP contribution in [0.4, 0.5) is 0 Å². The zero-order valence-electron chi connectivity index (χ0n) is 64.6. The maximum Gasteiger partial charge on any atom is 0.472 e. The number of ether oxygens (including phenoxy) is 4. The van der Waals surface area contributed by atoms with Gasteiger partial charge in [-0.05, 0) is 31.6 Å². The number of hydrogen-bond acceptors (Lipinski definition) is 15. The Morgan fingerprint density at radius 2 is 0.485 bits per heavy atom. The van der Waals surface area contributed by atoms with Crippen LogP contribution in [0.5, 0.6) is 0 Å². The van der Waals surface area contributed by atoms with Crippen LogP contribution in [0.15, 0.2) is 0 Å². The first-order valence-corrected chi connectivity index (χ1v) is 44.7. The van der Waals surface area contributed by atoms with E-state index in [-0.39, 0.29) is 25.7 Å². The minimum Gasteiger partial charge on any atom is -0.462 e. The third-order valence-electron chi connectivity index (χ3n) is 19.1. The summed E-state index contributed by atoms with van der Waals surface area (Å²) in [5.41, 5.74) is 0. The van der Waals surface area contributed by atoms with Crippen LogP contribution in [0, 0.1) is 5.92 Å². The van der Waals surface area contributed by atoms with Crippen LogP contribution in [0.25, 0.3) is 0 Å². The SMILES string of the molecule is CCCCCCCCCCCCCCCCCCCCCC(=O)O[C@H](COC(=O)CCCCCCCCCCCCCCCCCCCC)COP(=O)(O)OC[C@@H](O)COP(=O)(O)OC[C@@H](COC(=O)CCCCCCCCCCCC)OC(=O)CCCCCCCCCCC(C)CC.